The van der Waals surface area contributed by atoms with Gasteiger partial charge >= 0.3 is 0 Å². The molecule has 2 fully saturated rings. The van der Waals surface area contributed by atoms with E-state index in [9.17, 15) is 0 Å². The lowest BCUT2D eigenvalue weighted by molar-refractivity contribution is 0.0594. The molecular formula is C26H58ClN3O5. The first-order chi connectivity index (χ1) is 14.3. The van der Waals surface area contributed by atoms with E-state index < -0.39 is 0 Å². The molecule has 2 heterocycles. The highest BCUT2D eigenvalue weighted by Crippen LogP contribution is 2.43. The lowest BCUT2D eigenvalue weighted by Crippen LogP contribution is -2.52. The van der Waals surface area contributed by atoms with Gasteiger partial charge < -0.3 is 42.1 Å². The van der Waals surface area contributed by atoms with Crippen LogP contribution in [-0.2, 0) is 0 Å². The maximum absolute atomic E-state index is 9.17. The molecule has 0 bridgehead atoms. The van der Waals surface area contributed by atoms with Gasteiger partial charge in [-0.3, -0.25) is 0 Å². The van der Waals surface area contributed by atoms with E-state index >= 15 is 0 Å². The average molecular weight is 528 g/mol. The highest BCUT2D eigenvalue weighted by Gasteiger charge is 2.39. The first-order valence-electron chi connectivity index (χ1n) is 12.4. The Morgan fingerprint density at radius 2 is 1.74 bits per heavy atom. The van der Waals surface area contributed by atoms with Crippen molar-refractivity contribution in [3.63, 3.8) is 0 Å². The molecule has 1 aliphatic carbocycles. The zero-order chi connectivity index (χ0) is 21.7. The fourth-order valence-corrected chi connectivity index (χ4v) is 6.18. The highest BCUT2D eigenvalue weighted by atomic mass is 35.5. The topological polar surface area (TPSA) is 165 Å². The molecule has 35 heavy (non-hydrogen) atoms. The fourth-order valence-electron chi connectivity index (χ4n) is 5.98. The van der Waals surface area contributed by atoms with Gasteiger partial charge in [-0.25, -0.2) is 0 Å². The predicted octanol–water partition coefficient (Wildman–Crippen LogP) is 1.32. The van der Waals surface area contributed by atoms with E-state index in [1.165, 1.54) is 32.4 Å². The number of β-amino-alcohol motifs (C(OH)–C–C–N with tert-alkyl or cyclic N) is 1. The van der Waals surface area contributed by atoms with Gasteiger partial charge in [0.1, 0.15) is 0 Å². The molecular weight excluding hydrogens is 470 g/mol. The van der Waals surface area contributed by atoms with Crippen molar-refractivity contribution in [3.8, 4) is 0 Å². The summed E-state index contributed by atoms with van der Waals surface area (Å²) in [6, 6.07) is 0.551. The molecule has 0 aromatic carbocycles. The van der Waals surface area contributed by atoms with E-state index in [1.807, 2.05) is 0 Å². The Balaban J connectivity index is -0.00000205. The number of hydrogen-bond donors (Lipinski definition) is 2. The standard InChI is InChI=1S/C25H46ClN3O.CH4.4H2O/c1-19(2)24(27-15-20-9-11-28(16-20)13-14-30)17-29-12-10-23(25(3,4)18-29)21-5-7-22(26)8-6-21;;;;;/h5,19-20,22-24,27,30H,6-18H2,1-4H3;1H4;4*1H2/t20-,22?,23?,24-;;;;;/m0...../s1. The van der Waals surface area contributed by atoms with Crippen LogP contribution in [0.25, 0.3) is 0 Å². The summed E-state index contributed by atoms with van der Waals surface area (Å²) in [5.41, 5.74) is 2.02. The summed E-state index contributed by atoms with van der Waals surface area (Å²) in [5, 5.41) is 13.4. The van der Waals surface area contributed by atoms with E-state index in [4.69, 9.17) is 16.7 Å². The number of piperidine rings is 1. The number of aliphatic hydroxyl groups is 1. The summed E-state index contributed by atoms with van der Waals surface area (Å²) in [5.74, 6) is 2.09. The van der Waals surface area contributed by atoms with Crippen molar-refractivity contribution < 1.29 is 27.0 Å². The third kappa shape index (κ3) is 11.3. The minimum Gasteiger partial charge on any atom is -0.412 e. The van der Waals surface area contributed by atoms with Crippen LogP contribution in [0.5, 0.6) is 0 Å². The number of likely N-dealkylation sites (tertiary alicyclic amines) is 2. The number of allylic oxidation sites excluding steroid dienone is 2. The molecule has 2 saturated heterocycles. The van der Waals surface area contributed by atoms with Gasteiger partial charge in [0.25, 0.3) is 0 Å². The monoisotopic (exact) mass is 527 g/mol. The fraction of sp³-hybridized carbons (Fsp3) is 0.923. The summed E-state index contributed by atoms with van der Waals surface area (Å²) in [7, 11) is 0. The van der Waals surface area contributed by atoms with Crippen LogP contribution in [0.3, 0.4) is 0 Å². The lowest BCUT2D eigenvalue weighted by Gasteiger charge is -2.47. The number of hydrogen-bond acceptors (Lipinski definition) is 4. The number of alkyl halides is 1. The molecule has 0 aromatic heterocycles. The first kappa shape index (κ1) is 39.2. The van der Waals surface area contributed by atoms with E-state index in [1.54, 1.807) is 5.57 Å². The van der Waals surface area contributed by atoms with Crippen LogP contribution < -0.4 is 5.32 Å². The van der Waals surface area contributed by atoms with Crippen LogP contribution in [0, 0.1) is 23.2 Å². The average Bonchev–Trinajstić information content (AvgIpc) is 3.13. The van der Waals surface area contributed by atoms with Crippen molar-refractivity contribution in [1.82, 2.24) is 15.1 Å². The van der Waals surface area contributed by atoms with Gasteiger partial charge in [0.2, 0.25) is 0 Å². The van der Waals surface area contributed by atoms with Crippen molar-refractivity contribution in [2.45, 2.75) is 78.6 Å². The number of nitrogens with one attached hydrogen (secondary N) is 1. The normalized spacial score (nSPS) is 27.3. The van der Waals surface area contributed by atoms with Crippen LogP contribution in [0.1, 0.15) is 67.2 Å². The molecule has 214 valence electrons. The Hall–Kier alpha value is -0.290. The number of nitrogens with zero attached hydrogens (tertiary/aromatic N) is 2. The summed E-state index contributed by atoms with van der Waals surface area (Å²) in [6.07, 6.45) is 8.42. The van der Waals surface area contributed by atoms with Gasteiger partial charge in [0, 0.05) is 37.6 Å². The lowest BCUT2D eigenvalue weighted by atomic mass is 9.68. The van der Waals surface area contributed by atoms with Gasteiger partial charge in [0.15, 0.2) is 0 Å². The summed E-state index contributed by atoms with van der Waals surface area (Å²) in [6.45, 7) is 17.7. The SMILES string of the molecule is C.CC(C)[C@H](CN1CCC(C2=CCC(Cl)CC2)C(C)(C)C1)NC[C@@H]1CCN(CCO)C1.O.O.O.O. The second kappa shape index (κ2) is 18.0. The smallest absolute Gasteiger partial charge is 0.0558 e. The third-order valence-corrected chi connectivity index (χ3v) is 8.25. The molecule has 0 amide bonds. The summed E-state index contributed by atoms with van der Waals surface area (Å²) in [4.78, 5) is 5.12. The molecule has 0 radical (unpaired) electrons. The van der Waals surface area contributed by atoms with E-state index in [-0.39, 0.29) is 35.9 Å². The van der Waals surface area contributed by atoms with Gasteiger partial charge in [-0.05, 0) is 74.9 Å². The maximum Gasteiger partial charge on any atom is 0.0558 e. The van der Waals surface area contributed by atoms with Crippen molar-refractivity contribution >= 4 is 11.6 Å². The molecule has 3 rings (SSSR count). The molecule has 8 nitrogen and oxygen atoms in total. The Morgan fingerprint density at radius 3 is 2.29 bits per heavy atom. The van der Waals surface area contributed by atoms with E-state index in [0.29, 0.717) is 22.8 Å². The van der Waals surface area contributed by atoms with Crippen molar-refractivity contribution in [2.24, 2.45) is 23.2 Å². The molecule has 2 aliphatic heterocycles. The predicted molar refractivity (Wildman–Crippen MR) is 149 cm³/mol. The highest BCUT2D eigenvalue weighted by molar-refractivity contribution is 6.20. The largest absolute Gasteiger partial charge is 0.412 e. The van der Waals surface area contributed by atoms with Crippen LogP contribution in [0.2, 0.25) is 0 Å². The molecule has 0 aromatic rings. The zero-order valence-electron chi connectivity index (χ0n) is 21.9. The summed E-state index contributed by atoms with van der Waals surface area (Å²) < 4.78 is 0. The van der Waals surface area contributed by atoms with E-state index in [2.05, 4.69) is 48.9 Å². The zero-order valence-corrected chi connectivity index (χ0v) is 22.6. The molecule has 0 saturated carbocycles. The summed E-state index contributed by atoms with van der Waals surface area (Å²) >= 11 is 6.33. The minimum absolute atomic E-state index is 0. The molecule has 4 atom stereocenters. The van der Waals surface area contributed by atoms with Crippen LogP contribution in [0.4, 0.5) is 0 Å². The Bertz CT molecular complexity index is 579. The van der Waals surface area contributed by atoms with Gasteiger partial charge in [-0.15, -0.1) is 11.6 Å². The van der Waals surface area contributed by atoms with Crippen molar-refractivity contribution in [1.29, 1.82) is 0 Å². The number of aliphatic hydroxyl groups excluding tert-OH is 1. The Kier molecular flexibility index (Phi) is 20.2. The van der Waals surface area contributed by atoms with Crippen molar-refractivity contribution in [2.75, 3.05) is 52.4 Å². The Morgan fingerprint density at radius 1 is 1.09 bits per heavy atom. The molecule has 0 spiro atoms. The number of rotatable bonds is 9. The molecule has 9 heteroatoms. The number of halogens is 1. The van der Waals surface area contributed by atoms with Gasteiger partial charge in [-0.2, -0.15) is 0 Å². The Labute approximate surface area is 219 Å². The molecule has 10 N–H and O–H groups in total. The second-order valence-corrected chi connectivity index (χ2v) is 11.8. The minimum atomic E-state index is 0. The second-order valence-electron chi connectivity index (χ2n) is 11.2. The van der Waals surface area contributed by atoms with Crippen LogP contribution in [0.15, 0.2) is 11.6 Å². The van der Waals surface area contributed by atoms with Gasteiger partial charge in [-0.1, -0.05) is 46.8 Å². The quantitative estimate of drug-likeness (QED) is 0.341. The first-order valence-corrected chi connectivity index (χ1v) is 12.8. The van der Waals surface area contributed by atoms with Gasteiger partial charge in [0.05, 0.1) is 6.61 Å². The molecule has 3 aliphatic rings. The molecule has 2 unspecified atom stereocenters. The van der Waals surface area contributed by atoms with Crippen molar-refractivity contribution in [3.05, 3.63) is 11.6 Å². The van der Waals surface area contributed by atoms with Crippen LogP contribution >= 0.6 is 11.6 Å². The third-order valence-electron chi connectivity index (χ3n) is 7.85. The van der Waals surface area contributed by atoms with E-state index in [0.717, 1.165) is 57.4 Å². The van der Waals surface area contributed by atoms with Crippen LogP contribution in [-0.4, -0.2) is 101 Å². The maximum atomic E-state index is 9.17.